The van der Waals surface area contributed by atoms with Crippen LogP contribution >= 0.6 is 15.9 Å². The second-order valence-electron chi connectivity index (χ2n) is 5.16. The van der Waals surface area contributed by atoms with Crippen molar-refractivity contribution in [3.8, 4) is 0 Å². The highest BCUT2D eigenvalue weighted by molar-refractivity contribution is 9.10. The van der Waals surface area contributed by atoms with Crippen molar-refractivity contribution in [3.63, 3.8) is 0 Å². The summed E-state index contributed by atoms with van der Waals surface area (Å²) in [6, 6.07) is 5.27. The van der Waals surface area contributed by atoms with Crippen LogP contribution in [0.1, 0.15) is 31.2 Å². The van der Waals surface area contributed by atoms with Gasteiger partial charge < -0.3 is 5.11 Å². The summed E-state index contributed by atoms with van der Waals surface area (Å²) >= 11 is 3.34. The number of aliphatic hydroxyl groups excluding tert-OH is 1. The van der Waals surface area contributed by atoms with Gasteiger partial charge in [0, 0.05) is 18.7 Å². The summed E-state index contributed by atoms with van der Waals surface area (Å²) in [6.45, 7) is 1.71. The lowest BCUT2D eigenvalue weighted by molar-refractivity contribution is -0.385. The monoisotopic (exact) mass is 342 g/mol. The minimum Gasteiger partial charge on any atom is -0.395 e. The average Bonchev–Trinajstić information content (AvgIpc) is 2.65. The summed E-state index contributed by atoms with van der Waals surface area (Å²) < 4.78 is 0.547. The summed E-state index contributed by atoms with van der Waals surface area (Å²) in [5.41, 5.74) is 0.998. The summed E-state index contributed by atoms with van der Waals surface area (Å²) in [4.78, 5) is 12.8. The molecule has 0 spiro atoms. The van der Waals surface area contributed by atoms with E-state index < -0.39 is 0 Å². The summed E-state index contributed by atoms with van der Waals surface area (Å²) in [7, 11) is 0. The third-order valence-corrected chi connectivity index (χ3v) is 4.75. The Balaban J connectivity index is 2.19. The van der Waals surface area contributed by atoms with E-state index in [9.17, 15) is 15.2 Å². The van der Waals surface area contributed by atoms with Crippen molar-refractivity contribution in [2.45, 2.75) is 38.3 Å². The molecule has 110 valence electrons. The van der Waals surface area contributed by atoms with Crippen LogP contribution in [0, 0.1) is 10.1 Å². The number of halogens is 1. The fourth-order valence-corrected chi connectivity index (χ4v) is 3.23. The number of benzene rings is 1. The maximum Gasteiger partial charge on any atom is 0.283 e. The summed E-state index contributed by atoms with van der Waals surface area (Å²) in [6.07, 6.45) is 4.42. The van der Waals surface area contributed by atoms with Crippen molar-refractivity contribution < 1.29 is 10.0 Å². The molecule has 1 aromatic carbocycles. The molecule has 1 aromatic rings. The zero-order valence-corrected chi connectivity index (χ0v) is 12.9. The van der Waals surface area contributed by atoms with Crippen molar-refractivity contribution in [2.75, 3.05) is 13.2 Å². The molecule has 1 atom stereocenters. The Labute approximate surface area is 126 Å². The lowest BCUT2D eigenvalue weighted by Crippen LogP contribution is -2.37. The molecule has 5 nitrogen and oxygen atoms in total. The molecule has 0 radical (unpaired) electrons. The van der Waals surface area contributed by atoms with Crippen LogP contribution < -0.4 is 0 Å². The largest absolute Gasteiger partial charge is 0.395 e. The van der Waals surface area contributed by atoms with Crippen LogP contribution in [0.2, 0.25) is 0 Å². The van der Waals surface area contributed by atoms with Gasteiger partial charge in [0.25, 0.3) is 5.69 Å². The molecular weight excluding hydrogens is 324 g/mol. The van der Waals surface area contributed by atoms with Crippen molar-refractivity contribution in [1.29, 1.82) is 0 Å². The topological polar surface area (TPSA) is 66.6 Å². The fourth-order valence-electron chi connectivity index (χ4n) is 2.70. The van der Waals surface area contributed by atoms with E-state index in [1.54, 1.807) is 6.07 Å². The van der Waals surface area contributed by atoms with Gasteiger partial charge in [0.15, 0.2) is 0 Å². The minimum atomic E-state index is -0.375. The summed E-state index contributed by atoms with van der Waals surface area (Å²) in [5.74, 6) is 0. The van der Waals surface area contributed by atoms with Gasteiger partial charge >= 0.3 is 0 Å². The molecule has 1 unspecified atom stereocenters. The lowest BCUT2D eigenvalue weighted by Gasteiger charge is -2.28. The van der Waals surface area contributed by atoms with Crippen LogP contribution in [0.4, 0.5) is 5.69 Å². The van der Waals surface area contributed by atoms with E-state index in [1.807, 2.05) is 6.07 Å². The first-order chi connectivity index (χ1) is 9.63. The van der Waals surface area contributed by atoms with E-state index in [1.165, 1.54) is 12.5 Å². The van der Waals surface area contributed by atoms with Crippen molar-refractivity contribution >= 4 is 21.6 Å². The Morgan fingerprint density at radius 1 is 1.40 bits per heavy atom. The van der Waals surface area contributed by atoms with Gasteiger partial charge in [0.05, 0.1) is 16.0 Å². The standard InChI is InChI=1S/C14H19BrN2O3/c15-14-11(5-4-7-13(14)17(19)20)9-16-8-3-1-2-6-12(16)10-18/h4-5,7,12,18H,1-3,6,8-10H2. The maximum absolute atomic E-state index is 11.0. The quantitative estimate of drug-likeness (QED) is 0.674. The highest BCUT2D eigenvalue weighted by Gasteiger charge is 2.23. The first-order valence-corrected chi connectivity index (χ1v) is 7.69. The molecule has 1 fully saturated rings. The molecule has 1 aliphatic rings. The van der Waals surface area contributed by atoms with E-state index in [0.29, 0.717) is 11.0 Å². The average molecular weight is 343 g/mol. The van der Waals surface area contributed by atoms with Gasteiger partial charge in [-0.05, 0) is 40.9 Å². The zero-order valence-electron chi connectivity index (χ0n) is 11.3. The Bertz CT molecular complexity index is 481. The number of hydrogen-bond donors (Lipinski definition) is 1. The van der Waals surface area contributed by atoms with Gasteiger partial charge in [-0.2, -0.15) is 0 Å². The van der Waals surface area contributed by atoms with Crippen molar-refractivity contribution in [1.82, 2.24) is 4.90 Å². The predicted octanol–water partition coefficient (Wildman–Crippen LogP) is 3.09. The number of likely N-dealkylation sites (tertiary alicyclic amines) is 1. The number of aliphatic hydroxyl groups is 1. The van der Waals surface area contributed by atoms with Gasteiger partial charge in [0.2, 0.25) is 0 Å². The van der Waals surface area contributed by atoms with Crippen LogP contribution in [0.15, 0.2) is 22.7 Å². The Morgan fingerprint density at radius 3 is 2.90 bits per heavy atom. The number of nitrogens with zero attached hydrogens (tertiary/aromatic N) is 2. The Morgan fingerprint density at radius 2 is 2.20 bits per heavy atom. The molecule has 6 heteroatoms. The lowest BCUT2D eigenvalue weighted by atomic mass is 10.1. The first-order valence-electron chi connectivity index (χ1n) is 6.90. The van der Waals surface area contributed by atoms with Gasteiger partial charge in [-0.25, -0.2) is 0 Å². The number of nitro benzene ring substituents is 1. The van der Waals surface area contributed by atoms with E-state index in [-0.39, 0.29) is 23.3 Å². The van der Waals surface area contributed by atoms with E-state index >= 15 is 0 Å². The predicted molar refractivity (Wildman–Crippen MR) is 80.5 cm³/mol. The summed E-state index contributed by atoms with van der Waals surface area (Å²) in [5, 5.41) is 20.5. The number of nitro groups is 1. The zero-order chi connectivity index (χ0) is 14.5. The van der Waals surface area contributed by atoms with Crippen molar-refractivity contribution in [2.24, 2.45) is 0 Å². The van der Waals surface area contributed by atoms with Crippen molar-refractivity contribution in [3.05, 3.63) is 38.3 Å². The van der Waals surface area contributed by atoms with Crippen LogP contribution in [0.3, 0.4) is 0 Å². The molecule has 2 rings (SSSR count). The molecule has 1 saturated heterocycles. The molecule has 1 heterocycles. The molecule has 0 saturated carbocycles. The molecule has 1 N–H and O–H groups in total. The molecule has 0 bridgehead atoms. The normalized spacial score (nSPS) is 20.6. The maximum atomic E-state index is 11.0. The van der Waals surface area contributed by atoms with Crippen LogP contribution in [0.5, 0.6) is 0 Å². The first kappa shape index (κ1) is 15.4. The van der Waals surface area contributed by atoms with Crippen LogP contribution in [-0.4, -0.2) is 34.1 Å². The van der Waals surface area contributed by atoms with Gasteiger partial charge in [-0.15, -0.1) is 0 Å². The van der Waals surface area contributed by atoms with E-state index in [4.69, 9.17) is 0 Å². The van der Waals surface area contributed by atoms with Gasteiger partial charge in [-0.1, -0.05) is 25.0 Å². The molecule has 0 aromatic heterocycles. The third kappa shape index (κ3) is 3.56. The molecule has 20 heavy (non-hydrogen) atoms. The number of hydrogen-bond acceptors (Lipinski definition) is 4. The SMILES string of the molecule is O=[N+]([O-])c1cccc(CN2CCCCCC2CO)c1Br. The Hall–Kier alpha value is -0.980. The highest BCUT2D eigenvalue weighted by Crippen LogP contribution is 2.30. The van der Waals surface area contributed by atoms with Gasteiger partial charge in [-0.3, -0.25) is 15.0 Å². The minimum absolute atomic E-state index is 0.0953. The third-order valence-electron chi connectivity index (χ3n) is 3.84. The van der Waals surface area contributed by atoms with Crippen LogP contribution in [-0.2, 0) is 6.54 Å². The van der Waals surface area contributed by atoms with Gasteiger partial charge in [0.1, 0.15) is 0 Å². The second-order valence-corrected chi connectivity index (χ2v) is 5.96. The van der Waals surface area contributed by atoms with E-state index in [2.05, 4.69) is 20.8 Å². The van der Waals surface area contributed by atoms with E-state index in [0.717, 1.165) is 31.4 Å². The second kappa shape index (κ2) is 7.15. The Kier molecular flexibility index (Phi) is 5.51. The number of rotatable bonds is 4. The molecule has 0 amide bonds. The van der Waals surface area contributed by atoms with Crippen LogP contribution in [0.25, 0.3) is 0 Å². The highest BCUT2D eigenvalue weighted by atomic mass is 79.9. The fraction of sp³-hybridized carbons (Fsp3) is 0.571. The molecule has 1 aliphatic heterocycles. The molecular formula is C14H19BrN2O3. The molecule has 0 aliphatic carbocycles. The smallest absolute Gasteiger partial charge is 0.283 e.